The minimum Gasteiger partial charge on any atom is -0.502 e. The summed E-state index contributed by atoms with van der Waals surface area (Å²) in [7, 11) is 0. The van der Waals surface area contributed by atoms with Crippen LogP contribution in [-0.2, 0) is 4.79 Å². The number of phenolic OH excluding ortho intramolecular Hbond substituents is 1. The van der Waals surface area contributed by atoms with Crippen LogP contribution >= 0.6 is 0 Å². The van der Waals surface area contributed by atoms with Crippen molar-refractivity contribution in [3.05, 3.63) is 33.9 Å². The third-order valence-electron chi connectivity index (χ3n) is 4.93. The number of rotatable bonds is 8. The van der Waals surface area contributed by atoms with Crippen LogP contribution in [0.25, 0.3) is 0 Å². The van der Waals surface area contributed by atoms with Crippen molar-refractivity contribution >= 4 is 17.6 Å². The lowest BCUT2D eigenvalue weighted by Gasteiger charge is -2.42. The Hall–Kier alpha value is -2.68. The molecule has 3 N–H and O–H groups in total. The van der Waals surface area contributed by atoms with Crippen LogP contribution < -0.4 is 5.32 Å². The van der Waals surface area contributed by atoms with Crippen molar-refractivity contribution < 1.29 is 24.7 Å². The van der Waals surface area contributed by atoms with Gasteiger partial charge in [0.2, 0.25) is 0 Å². The number of nitro groups is 1. The summed E-state index contributed by atoms with van der Waals surface area (Å²) < 4.78 is 0. The van der Waals surface area contributed by atoms with Gasteiger partial charge in [0.25, 0.3) is 5.91 Å². The zero-order chi connectivity index (χ0) is 18.8. The fourth-order valence-corrected chi connectivity index (χ4v) is 3.24. The molecule has 2 aliphatic carbocycles. The van der Waals surface area contributed by atoms with Crippen LogP contribution in [0.15, 0.2) is 18.2 Å². The van der Waals surface area contributed by atoms with Gasteiger partial charge in [-0.05, 0) is 43.7 Å². The molecule has 26 heavy (non-hydrogen) atoms. The fourth-order valence-electron chi connectivity index (χ4n) is 3.24. The van der Waals surface area contributed by atoms with Crippen molar-refractivity contribution in [2.24, 2.45) is 5.92 Å². The summed E-state index contributed by atoms with van der Waals surface area (Å²) in [5.74, 6) is -1.22. The second-order valence-corrected chi connectivity index (χ2v) is 7.02. The second kappa shape index (κ2) is 7.28. The number of nitrogens with zero attached hydrogens (tertiary/aromatic N) is 2. The van der Waals surface area contributed by atoms with Gasteiger partial charge in [0.15, 0.2) is 5.75 Å². The third-order valence-corrected chi connectivity index (χ3v) is 4.93. The molecule has 2 saturated carbocycles. The number of aromatic hydroxyl groups is 1. The van der Waals surface area contributed by atoms with Crippen LogP contribution in [0, 0.1) is 16.0 Å². The highest BCUT2D eigenvalue weighted by atomic mass is 16.6. The number of nitro benzene ring substituents is 1. The second-order valence-electron chi connectivity index (χ2n) is 7.02. The number of carboxylic acids is 1. The molecular weight excluding hydrogens is 342 g/mol. The summed E-state index contributed by atoms with van der Waals surface area (Å²) in [5, 5.41) is 32.2. The van der Waals surface area contributed by atoms with Crippen molar-refractivity contribution in [3.8, 4) is 5.75 Å². The Labute approximate surface area is 149 Å². The largest absolute Gasteiger partial charge is 0.502 e. The molecule has 0 aromatic heterocycles. The van der Waals surface area contributed by atoms with E-state index in [-0.39, 0.29) is 24.2 Å². The molecular formula is C17H21N3O6. The Morgan fingerprint density at radius 1 is 1.31 bits per heavy atom. The smallest absolute Gasteiger partial charge is 0.317 e. The van der Waals surface area contributed by atoms with E-state index in [9.17, 15) is 24.8 Å². The molecule has 3 rings (SSSR count). The number of carbonyl (C=O) groups excluding carboxylic acids is 1. The number of carboxylic acid groups (broad SMARTS) is 1. The number of benzene rings is 1. The molecule has 0 bridgehead atoms. The predicted octanol–water partition coefficient (Wildman–Crippen LogP) is 1.36. The summed E-state index contributed by atoms with van der Waals surface area (Å²) in [4.78, 5) is 35.2. The number of hydrogen-bond acceptors (Lipinski definition) is 6. The highest BCUT2D eigenvalue weighted by Crippen LogP contribution is 2.34. The number of aliphatic carboxylic acids is 1. The van der Waals surface area contributed by atoms with E-state index in [0.717, 1.165) is 31.5 Å². The molecule has 0 radical (unpaired) electrons. The van der Waals surface area contributed by atoms with Crippen molar-refractivity contribution in [2.45, 2.75) is 37.8 Å². The van der Waals surface area contributed by atoms with Gasteiger partial charge < -0.3 is 15.5 Å². The van der Waals surface area contributed by atoms with Crippen molar-refractivity contribution in [1.82, 2.24) is 10.2 Å². The van der Waals surface area contributed by atoms with E-state index in [1.165, 1.54) is 6.07 Å². The number of hydrogen-bond donors (Lipinski definition) is 3. The lowest BCUT2D eigenvalue weighted by atomic mass is 9.85. The van der Waals surface area contributed by atoms with Gasteiger partial charge in [-0.3, -0.25) is 24.6 Å². The van der Waals surface area contributed by atoms with Crippen LogP contribution in [-0.4, -0.2) is 57.1 Å². The van der Waals surface area contributed by atoms with Crippen molar-refractivity contribution in [1.29, 1.82) is 0 Å². The highest BCUT2D eigenvalue weighted by molar-refractivity contribution is 5.95. The molecule has 0 spiro atoms. The molecule has 9 heteroatoms. The normalized spacial score (nSPS) is 21.9. The van der Waals surface area contributed by atoms with E-state index >= 15 is 0 Å². The van der Waals surface area contributed by atoms with Gasteiger partial charge in [-0.1, -0.05) is 0 Å². The average Bonchev–Trinajstić information content (AvgIpc) is 3.32. The molecule has 1 aromatic rings. The van der Waals surface area contributed by atoms with Gasteiger partial charge in [-0.25, -0.2) is 0 Å². The summed E-state index contributed by atoms with van der Waals surface area (Å²) in [6.07, 6.45) is 3.63. The Kier molecular flexibility index (Phi) is 5.08. The monoisotopic (exact) mass is 363 g/mol. The molecule has 140 valence electrons. The van der Waals surface area contributed by atoms with E-state index < -0.39 is 28.2 Å². The quantitative estimate of drug-likeness (QED) is 0.469. The number of nitrogens with one attached hydrogen (secondary N) is 1. The Balaban J connectivity index is 1.52. The van der Waals surface area contributed by atoms with Crippen LogP contribution in [0.3, 0.4) is 0 Å². The van der Waals surface area contributed by atoms with Crippen LogP contribution in [0.1, 0.15) is 36.0 Å². The fraction of sp³-hybridized carbons (Fsp3) is 0.529. The molecule has 0 atom stereocenters. The molecule has 0 aliphatic heterocycles. The third kappa shape index (κ3) is 4.29. The van der Waals surface area contributed by atoms with Gasteiger partial charge in [0.1, 0.15) is 0 Å². The zero-order valence-corrected chi connectivity index (χ0v) is 14.1. The van der Waals surface area contributed by atoms with Crippen LogP contribution in [0.5, 0.6) is 5.75 Å². The first-order valence-electron chi connectivity index (χ1n) is 8.57. The molecule has 2 fully saturated rings. The van der Waals surface area contributed by atoms with Gasteiger partial charge in [-0.15, -0.1) is 0 Å². The van der Waals surface area contributed by atoms with Crippen molar-refractivity contribution in [2.75, 3.05) is 13.1 Å². The SMILES string of the molecule is O=C(O)CN(CC1CC1)C1CC(NC(=O)c2ccc([N+](=O)[O-])c(O)c2)C1. The first-order valence-corrected chi connectivity index (χ1v) is 8.57. The number of phenols is 1. The van der Waals surface area contributed by atoms with E-state index in [4.69, 9.17) is 5.11 Å². The van der Waals surface area contributed by atoms with Crippen LogP contribution in [0.4, 0.5) is 5.69 Å². The van der Waals surface area contributed by atoms with Crippen LogP contribution in [0.2, 0.25) is 0 Å². The van der Waals surface area contributed by atoms with Gasteiger partial charge >= 0.3 is 11.7 Å². The zero-order valence-electron chi connectivity index (χ0n) is 14.1. The Morgan fingerprint density at radius 3 is 2.54 bits per heavy atom. The maximum absolute atomic E-state index is 12.2. The number of amides is 1. The maximum atomic E-state index is 12.2. The average molecular weight is 363 g/mol. The van der Waals surface area contributed by atoms with E-state index in [0.29, 0.717) is 18.8 Å². The number of carbonyl (C=O) groups is 2. The lowest BCUT2D eigenvalue weighted by molar-refractivity contribution is -0.385. The first-order chi connectivity index (χ1) is 12.3. The Bertz CT molecular complexity index is 727. The molecule has 9 nitrogen and oxygen atoms in total. The summed E-state index contributed by atoms with van der Waals surface area (Å²) in [5.41, 5.74) is -0.299. The van der Waals surface area contributed by atoms with E-state index in [1.807, 2.05) is 4.90 Å². The summed E-state index contributed by atoms with van der Waals surface area (Å²) in [6, 6.07) is 3.54. The molecule has 0 unspecified atom stereocenters. The van der Waals surface area contributed by atoms with Gasteiger partial charge in [-0.2, -0.15) is 0 Å². The summed E-state index contributed by atoms with van der Waals surface area (Å²) >= 11 is 0. The van der Waals surface area contributed by atoms with E-state index in [2.05, 4.69) is 5.32 Å². The van der Waals surface area contributed by atoms with Gasteiger partial charge in [0, 0.05) is 30.3 Å². The standard InChI is InChI=1S/C17H21N3O6/c21-15-5-11(3-4-14(15)20(25)26)17(24)18-12-6-13(7-12)19(9-16(22)23)8-10-1-2-10/h3-5,10,12-13,21H,1-2,6-9H2,(H,18,24)(H,22,23). The predicted molar refractivity (Wildman–Crippen MR) is 91.0 cm³/mol. The highest BCUT2D eigenvalue weighted by Gasteiger charge is 2.37. The minimum absolute atomic E-state index is 0.0120. The summed E-state index contributed by atoms with van der Waals surface area (Å²) in [6.45, 7) is 0.798. The topological polar surface area (TPSA) is 133 Å². The lowest BCUT2D eigenvalue weighted by Crippen LogP contribution is -2.55. The molecule has 0 saturated heterocycles. The maximum Gasteiger partial charge on any atom is 0.317 e. The molecule has 0 heterocycles. The first kappa shape index (κ1) is 18.1. The molecule has 2 aliphatic rings. The van der Waals surface area contributed by atoms with E-state index in [1.54, 1.807) is 0 Å². The Morgan fingerprint density at radius 2 is 2.00 bits per heavy atom. The molecule has 1 aromatic carbocycles. The molecule has 1 amide bonds. The van der Waals surface area contributed by atoms with Crippen molar-refractivity contribution in [3.63, 3.8) is 0 Å². The minimum atomic E-state index is -0.848. The van der Waals surface area contributed by atoms with Gasteiger partial charge in [0.05, 0.1) is 11.5 Å².